The SMILES string of the molecule is C=C(NC)c1c(-c2ccc(F)cc2)nn2ccc(-c3cc(C(=O)NC4(C5=NCC(C)=C5)CC4)c(CC)cc3C)c(F)c12.CC. The Kier molecular flexibility index (Phi) is 8.55. The third-order valence-electron chi connectivity index (χ3n) is 8.30. The summed E-state index contributed by atoms with van der Waals surface area (Å²) in [7, 11) is 1.71. The molecule has 0 spiro atoms. The van der Waals surface area contributed by atoms with Crippen LogP contribution in [0.1, 0.15) is 67.6 Å². The molecule has 6 nitrogen and oxygen atoms in total. The molecule has 2 aliphatic rings. The zero-order chi connectivity index (χ0) is 31.8. The van der Waals surface area contributed by atoms with Gasteiger partial charge in [-0.25, -0.2) is 13.3 Å². The summed E-state index contributed by atoms with van der Waals surface area (Å²) >= 11 is 0. The lowest BCUT2D eigenvalue weighted by Gasteiger charge is -2.20. The molecule has 4 aromatic rings. The zero-order valence-corrected chi connectivity index (χ0v) is 26.2. The number of benzene rings is 2. The zero-order valence-electron chi connectivity index (χ0n) is 26.2. The minimum absolute atomic E-state index is 0.181. The highest BCUT2D eigenvalue weighted by atomic mass is 19.1. The van der Waals surface area contributed by atoms with Crippen LogP contribution in [0.15, 0.2) is 71.9 Å². The first-order chi connectivity index (χ1) is 21.2. The fourth-order valence-electron chi connectivity index (χ4n) is 5.77. The summed E-state index contributed by atoms with van der Waals surface area (Å²) < 4.78 is 31.7. The first-order valence-electron chi connectivity index (χ1n) is 15.2. The predicted molar refractivity (Wildman–Crippen MR) is 175 cm³/mol. The molecule has 3 heterocycles. The smallest absolute Gasteiger partial charge is 0.252 e. The molecule has 8 heteroatoms. The predicted octanol–water partition coefficient (Wildman–Crippen LogP) is 7.70. The molecule has 1 aliphatic heterocycles. The Morgan fingerprint density at radius 1 is 1.07 bits per heavy atom. The molecule has 0 unspecified atom stereocenters. The van der Waals surface area contributed by atoms with E-state index in [9.17, 15) is 9.18 Å². The second kappa shape index (κ2) is 12.2. The van der Waals surface area contributed by atoms with Crippen LogP contribution in [0.4, 0.5) is 8.78 Å². The van der Waals surface area contributed by atoms with Gasteiger partial charge in [-0.1, -0.05) is 39.0 Å². The Morgan fingerprint density at radius 2 is 1.77 bits per heavy atom. The molecule has 1 fully saturated rings. The van der Waals surface area contributed by atoms with Crippen molar-refractivity contribution in [1.29, 1.82) is 0 Å². The average Bonchev–Trinajstić information content (AvgIpc) is 3.48. The van der Waals surface area contributed by atoms with Gasteiger partial charge in [-0.15, -0.1) is 0 Å². The van der Waals surface area contributed by atoms with Gasteiger partial charge in [0.25, 0.3) is 5.91 Å². The van der Waals surface area contributed by atoms with E-state index in [0.717, 1.165) is 29.7 Å². The lowest BCUT2D eigenvalue weighted by atomic mass is 9.92. The Morgan fingerprint density at radius 3 is 2.36 bits per heavy atom. The van der Waals surface area contributed by atoms with E-state index in [1.165, 1.54) is 22.2 Å². The molecule has 44 heavy (non-hydrogen) atoms. The van der Waals surface area contributed by atoms with Crippen molar-refractivity contribution in [2.24, 2.45) is 4.99 Å². The van der Waals surface area contributed by atoms with Gasteiger partial charge in [0.2, 0.25) is 0 Å². The molecule has 228 valence electrons. The molecule has 2 aromatic carbocycles. The van der Waals surface area contributed by atoms with Crippen LogP contribution in [0.2, 0.25) is 0 Å². The molecule has 0 radical (unpaired) electrons. The molecule has 1 aliphatic carbocycles. The highest BCUT2D eigenvalue weighted by molar-refractivity contribution is 6.10. The molecule has 0 saturated heterocycles. The van der Waals surface area contributed by atoms with E-state index in [4.69, 9.17) is 0 Å². The molecular formula is C36H39F2N5O. The lowest BCUT2D eigenvalue weighted by Crippen LogP contribution is -2.42. The topological polar surface area (TPSA) is 70.8 Å². The summed E-state index contributed by atoms with van der Waals surface area (Å²) in [4.78, 5) is 18.4. The number of hydrogen-bond donors (Lipinski definition) is 2. The van der Waals surface area contributed by atoms with Crippen molar-refractivity contribution < 1.29 is 13.6 Å². The first kappa shape index (κ1) is 30.9. The van der Waals surface area contributed by atoms with Crippen molar-refractivity contribution in [2.45, 2.75) is 59.4 Å². The molecular weight excluding hydrogens is 556 g/mol. The third-order valence-corrected chi connectivity index (χ3v) is 8.30. The molecule has 2 N–H and O–H groups in total. The molecule has 0 bridgehead atoms. The van der Waals surface area contributed by atoms with E-state index >= 15 is 4.39 Å². The number of carbonyl (C=O) groups is 1. The number of carbonyl (C=O) groups excluding carboxylic acids is 1. The van der Waals surface area contributed by atoms with Gasteiger partial charge in [0.15, 0.2) is 5.82 Å². The van der Waals surface area contributed by atoms with Gasteiger partial charge in [0.1, 0.15) is 17.0 Å². The number of aliphatic imine (C=N–C) groups is 1. The minimum atomic E-state index is -0.483. The number of halogens is 2. The van der Waals surface area contributed by atoms with Crippen molar-refractivity contribution in [3.8, 4) is 22.4 Å². The van der Waals surface area contributed by atoms with Crippen molar-refractivity contribution in [3.05, 3.63) is 101 Å². The minimum Gasteiger partial charge on any atom is -0.388 e. The van der Waals surface area contributed by atoms with Gasteiger partial charge in [-0.2, -0.15) is 5.10 Å². The van der Waals surface area contributed by atoms with E-state index in [1.54, 1.807) is 37.5 Å². The fraction of sp³-hybridized carbons (Fsp3) is 0.306. The summed E-state index contributed by atoms with van der Waals surface area (Å²) in [6, 6.07) is 11.4. The number of nitrogens with zero attached hydrogens (tertiary/aromatic N) is 3. The quantitative estimate of drug-likeness (QED) is 0.219. The molecule has 6 rings (SSSR count). The van der Waals surface area contributed by atoms with Gasteiger partial charge in [0, 0.05) is 35.6 Å². The summed E-state index contributed by atoms with van der Waals surface area (Å²) in [5.41, 5.74) is 7.30. The Labute approximate surface area is 257 Å². The largest absolute Gasteiger partial charge is 0.388 e. The normalized spacial score (nSPS) is 14.8. The second-order valence-corrected chi connectivity index (χ2v) is 11.2. The molecule has 2 aromatic heterocycles. The number of aromatic nitrogens is 2. The summed E-state index contributed by atoms with van der Waals surface area (Å²) in [5, 5.41) is 10.9. The van der Waals surface area contributed by atoms with Gasteiger partial charge in [0.05, 0.1) is 23.4 Å². The average molecular weight is 596 g/mol. The standard InChI is InChI=1S/C34H33F2N5O.C2H6/c1-6-22-16-20(3)26(17-27(22)33(42)39-34(12-13-34)28-15-19(2)18-38-28)25-11-14-41-32(30(25)36)29(21(4)37-5)31(40-41)23-7-9-24(35)10-8-23;1-2/h7-11,14-17,37H,4,6,12-13,18H2,1-3,5H3,(H,39,42);1-2H3. The van der Waals surface area contributed by atoms with Crippen LogP contribution < -0.4 is 10.6 Å². The van der Waals surface area contributed by atoms with E-state index in [1.807, 2.05) is 40.7 Å². The number of rotatable bonds is 8. The van der Waals surface area contributed by atoms with Crippen LogP contribution in [-0.2, 0) is 6.42 Å². The number of aryl methyl sites for hydroxylation is 2. The van der Waals surface area contributed by atoms with E-state index in [0.29, 0.717) is 52.2 Å². The van der Waals surface area contributed by atoms with Gasteiger partial charge < -0.3 is 10.6 Å². The number of nitrogens with one attached hydrogen (secondary N) is 2. The monoisotopic (exact) mass is 595 g/mol. The van der Waals surface area contributed by atoms with E-state index < -0.39 is 11.4 Å². The molecule has 1 amide bonds. The van der Waals surface area contributed by atoms with Crippen LogP contribution in [0.25, 0.3) is 33.6 Å². The number of hydrogen-bond acceptors (Lipinski definition) is 4. The van der Waals surface area contributed by atoms with E-state index in [-0.39, 0.29) is 17.2 Å². The number of fused-ring (bicyclic) bond motifs is 1. The maximum absolute atomic E-state index is 16.6. The van der Waals surface area contributed by atoms with Crippen molar-refractivity contribution in [2.75, 3.05) is 13.6 Å². The summed E-state index contributed by atoms with van der Waals surface area (Å²) in [6.45, 7) is 14.7. The summed E-state index contributed by atoms with van der Waals surface area (Å²) in [6.07, 6.45) is 6.13. The molecule has 1 saturated carbocycles. The second-order valence-electron chi connectivity index (χ2n) is 11.2. The van der Waals surface area contributed by atoms with Crippen molar-refractivity contribution in [3.63, 3.8) is 0 Å². The molecule has 0 atom stereocenters. The fourth-order valence-corrected chi connectivity index (χ4v) is 5.77. The highest BCUT2D eigenvalue weighted by Crippen LogP contribution is 2.40. The van der Waals surface area contributed by atoms with Crippen molar-refractivity contribution >= 4 is 22.8 Å². The Bertz CT molecular complexity index is 1830. The number of pyridine rings is 1. The van der Waals surface area contributed by atoms with Crippen LogP contribution in [0.3, 0.4) is 0 Å². The van der Waals surface area contributed by atoms with Crippen LogP contribution >= 0.6 is 0 Å². The van der Waals surface area contributed by atoms with Crippen LogP contribution in [-0.4, -0.2) is 40.4 Å². The Hall–Kier alpha value is -4.59. The maximum atomic E-state index is 16.6. The van der Waals surface area contributed by atoms with E-state index in [2.05, 4.69) is 33.4 Å². The highest BCUT2D eigenvalue weighted by Gasteiger charge is 2.48. The van der Waals surface area contributed by atoms with Gasteiger partial charge >= 0.3 is 0 Å². The van der Waals surface area contributed by atoms with Gasteiger partial charge in [-0.3, -0.25) is 9.79 Å². The first-order valence-corrected chi connectivity index (χ1v) is 15.2. The Balaban J connectivity index is 0.00000188. The van der Waals surface area contributed by atoms with Crippen LogP contribution in [0.5, 0.6) is 0 Å². The number of amides is 1. The van der Waals surface area contributed by atoms with Crippen molar-refractivity contribution in [1.82, 2.24) is 20.2 Å². The van der Waals surface area contributed by atoms with Crippen LogP contribution in [0, 0.1) is 18.6 Å². The van der Waals surface area contributed by atoms with Gasteiger partial charge in [-0.05, 0) is 92.3 Å². The lowest BCUT2D eigenvalue weighted by molar-refractivity contribution is 0.0942. The summed E-state index contributed by atoms with van der Waals surface area (Å²) in [5.74, 6) is -1.03. The third kappa shape index (κ3) is 5.45. The maximum Gasteiger partial charge on any atom is 0.252 e.